The number of aliphatic hydroxyl groups is 2. The molecule has 0 radical (unpaired) electrons. The minimum absolute atomic E-state index is 0.0634. The number of hydrogen-bond acceptors (Lipinski definition) is 3. The van der Waals surface area contributed by atoms with E-state index < -0.39 is 5.60 Å². The SMILES string of the molecule is CC12CC(O)(C1)[C@@H](CO)O2. The molecule has 1 aliphatic carbocycles. The number of aliphatic hydroxyl groups excluding tert-OH is 1. The van der Waals surface area contributed by atoms with Crippen molar-refractivity contribution < 1.29 is 14.9 Å². The fourth-order valence-corrected chi connectivity index (χ4v) is 2.21. The van der Waals surface area contributed by atoms with Crippen molar-refractivity contribution in [3.63, 3.8) is 0 Å². The van der Waals surface area contributed by atoms with Crippen molar-refractivity contribution in [2.45, 2.75) is 37.1 Å². The van der Waals surface area contributed by atoms with Crippen LogP contribution < -0.4 is 0 Å². The first-order valence-corrected chi connectivity index (χ1v) is 3.59. The first-order chi connectivity index (χ1) is 4.58. The van der Waals surface area contributed by atoms with E-state index in [1.165, 1.54) is 0 Å². The van der Waals surface area contributed by atoms with Crippen molar-refractivity contribution >= 4 is 0 Å². The summed E-state index contributed by atoms with van der Waals surface area (Å²) in [5.41, 5.74) is -0.842. The molecule has 2 saturated heterocycles. The van der Waals surface area contributed by atoms with E-state index in [9.17, 15) is 5.11 Å². The number of rotatable bonds is 1. The van der Waals surface area contributed by atoms with E-state index in [2.05, 4.69) is 0 Å². The van der Waals surface area contributed by atoms with E-state index >= 15 is 0 Å². The second-order valence-electron chi connectivity index (χ2n) is 3.70. The summed E-state index contributed by atoms with van der Waals surface area (Å²) in [5.74, 6) is 0. The van der Waals surface area contributed by atoms with Crippen LogP contribution in [0.25, 0.3) is 0 Å². The van der Waals surface area contributed by atoms with E-state index in [0.717, 1.165) is 0 Å². The predicted octanol–water partition coefficient (Wildman–Crippen LogP) is -0.339. The molecule has 58 valence electrons. The Bertz CT molecular complexity index is 160. The quantitative estimate of drug-likeness (QED) is 0.529. The van der Waals surface area contributed by atoms with Crippen LogP contribution in [-0.2, 0) is 4.74 Å². The van der Waals surface area contributed by atoms with E-state index in [0.29, 0.717) is 12.8 Å². The zero-order valence-electron chi connectivity index (χ0n) is 6.00. The van der Waals surface area contributed by atoms with Gasteiger partial charge in [0.2, 0.25) is 0 Å². The molecule has 0 aromatic carbocycles. The molecule has 0 spiro atoms. The number of fused-ring (bicyclic) bond motifs is 1. The Morgan fingerprint density at radius 2 is 2.20 bits per heavy atom. The summed E-state index contributed by atoms with van der Waals surface area (Å²) in [7, 11) is 0. The standard InChI is InChI=1S/C7H12O3/c1-6-3-7(9,4-6)5(2-8)10-6/h5,8-9H,2-4H2,1H3/t5-,6?,7?/m1/s1. The Labute approximate surface area is 59.6 Å². The van der Waals surface area contributed by atoms with Crippen molar-refractivity contribution in [2.24, 2.45) is 0 Å². The topological polar surface area (TPSA) is 49.7 Å². The third-order valence-corrected chi connectivity index (χ3v) is 2.55. The zero-order chi connectivity index (χ0) is 7.41. The van der Waals surface area contributed by atoms with Crippen LogP contribution in [0, 0.1) is 0 Å². The molecular weight excluding hydrogens is 132 g/mol. The summed E-state index contributed by atoms with van der Waals surface area (Å²) in [5, 5.41) is 18.4. The summed E-state index contributed by atoms with van der Waals surface area (Å²) in [6.07, 6.45) is 1.04. The molecule has 2 N–H and O–H groups in total. The fraction of sp³-hybridized carbons (Fsp3) is 1.00. The second kappa shape index (κ2) is 1.55. The minimum Gasteiger partial charge on any atom is -0.394 e. The van der Waals surface area contributed by atoms with Gasteiger partial charge in [-0.1, -0.05) is 0 Å². The van der Waals surface area contributed by atoms with Crippen LogP contribution in [0.1, 0.15) is 19.8 Å². The van der Waals surface area contributed by atoms with Gasteiger partial charge in [-0.3, -0.25) is 0 Å². The highest BCUT2D eigenvalue weighted by Crippen LogP contribution is 2.54. The van der Waals surface area contributed by atoms with Crippen LogP contribution in [0.4, 0.5) is 0 Å². The largest absolute Gasteiger partial charge is 0.394 e. The van der Waals surface area contributed by atoms with Crippen molar-refractivity contribution in [2.75, 3.05) is 6.61 Å². The Balaban J connectivity index is 2.16. The fourth-order valence-electron chi connectivity index (χ4n) is 2.21. The lowest BCUT2D eigenvalue weighted by Gasteiger charge is -2.38. The van der Waals surface area contributed by atoms with Crippen LogP contribution in [0.15, 0.2) is 0 Å². The van der Waals surface area contributed by atoms with Gasteiger partial charge in [-0.2, -0.15) is 0 Å². The maximum absolute atomic E-state index is 9.60. The maximum atomic E-state index is 9.60. The van der Waals surface area contributed by atoms with Gasteiger partial charge in [0.25, 0.3) is 0 Å². The van der Waals surface area contributed by atoms with Gasteiger partial charge in [0.15, 0.2) is 0 Å². The molecule has 2 heterocycles. The summed E-state index contributed by atoms with van der Waals surface area (Å²) < 4.78 is 5.38. The van der Waals surface area contributed by atoms with Crippen molar-refractivity contribution in [1.82, 2.24) is 0 Å². The van der Waals surface area contributed by atoms with Crippen molar-refractivity contribution in [3.8, 4) is 0 Å². The molecular formula is C7H12O3. The molecule has 0 aromatic rings. The van der Waals surface area contributed by atoms with Gasteiger partial charge in [0.1, 0.15) is 6.10 Å². The zero-order valence-corrected chi connectivity index (χ0v) is 6.00. The molecule has 3 nitrogen and oxygen atoms in total. The summed E-state index contributed by atoms with van der Waals surface area (Å²) in [6, 6.07) is 0. The molecule has 2 bridgehead atoms. The lowest BCUT2D eigenvalue weighted by atomic mass is 9.70. The van der Waals surface area contributed by atoms with Crippen molar-refractivity contribution in [1.29, 1.82) is 0 Å². The molecule has 0 aromatic heterocycles. The van der Waals surface area contributed by atoms with E-state index in [1.54, 1.807) is 0 Å². The molecule has 3 aliphatic rings. The molecule has 1 atom stereocenters. The molecule has 10 heavy (non-hydrogen) atoms. The Morgan fingerprint density at radius 1 is 1.60 bits per heavy atom. The Morgan fingerprint density at radius 3 is 2.40 bits per heavy atom. The molecule has 0 amide bonds. The first-order valence-electron chi connectivity index (χ1n) is 3.59. The smallest absolute Gasteiger partial charge is 0.110 e. The lowest BCUT2D eigenvalue weighted by molar-refractivity contribution is -0.0490. The van der Waals surface area contributed by atoms with Gasteiger partial charge < -0.3 is 14.9 Å². The van der Waals surface area contributed by atoms with Crippen LogP contribution >= 0.6 is 0 Å². The van der Waals surface area contributed by atoms with E-state index in [1.807, 2.05) is 6.92 Å². The molecule has 0 unspecified atom stereocenters. The highest BCUT2D eigenvalue weighted by atomic mass is 16.6. The molecule has 3 rings (SSSR count). The molecule has 2 aliphatic heterocycles. The monoisotopic (exact) mass is 144 g/mol. The van der Waals surface area contributed by atoms with Gasteiger partial charge in [-0.05, 0) is 6.92 Å². The lowest BCUT2D eigenvalue weighted by Crippen LogP contribution is -2.49. The molecule has 3 fully saturated rings. The summed E-state index contributed by atoms with van der Waals surface area (Å²) in [6.45, 7) is 1.91. The molecule has 3 heteroatoms. The maximum Gasteiger partial charge on any atom is 0.110 e. The average Bonchev–Trinajstić information content (AvgIpc) is 2.13. The highest BCUT2D eigenvalue weighted by molar-refractivity contribution is 5.14. The third kappa shape index (κ3) is 0.603. The van der Waals surface area contributed by atoms with Gasteiger partial charge in [-0.25, -0.2) is 0 Å². The van der Waals surface area contributed by atoms with Crippen LogP contribution in [0.5, 0.6) is 0 Å². The van der Waals surface area contributed by atoms with E-state index in [-0.39, 0.29) is 18.3 Å². The van der Waals surface area contributed by atoms with Gasteiger partial charge >= 0.3 is 0 Å². The first kappa shape index (κ1) is 6.58. The van der Waals surface area contributed by atoms with Crippen LogP contribution in [0.3, 0.4) is 0 Å². The van der Waals surface area contributed by atoms with Crippen LogP contribution in [-0.4, -0.2) is 34.1 Å². The van der Waals surface area contributed by atoms with E-state index in [4.69, 9.17) is 9.84 Å². The number of hydrogen-bond donors (Lipinski definition) is 2. The molecule has 1 saturated carbocycles. The highest BCUT2D eigenvalue weighted by Gasteiger charge is 2.64. The predicted molar refractivity (Wildman–Crippen MR) is 34.5 cm³/mol. The average molecular weight is 144 g/mol. The van der Waals surface area contributed by atoms with Crippen molar-refractivity contribution in [3.05, 3.63) is 0 Å². The normalized spacial score (nSPS) is 58.5. The summed E-state index contributed by atoms with van der Waals surface area (Å²) in [4.78, 5) is 0. The minimum atomic E-state index is -0.705. The Hall–Kier alpha value is -0.120. The van der Waals surface area contributed by atoms with Gasteiger partial charge in [-0.15, -0.1) is 0 Å². The second-order valence-corrected chi connectivity index (χ2v) is 3.70. The third-order valence-electron chi connectivity index (χ3n) is 2.55. The Kier molecular flexibility index (Phi) is 1.02. The van der Waals surface area contributed by atoms with Gasteiger partial charge in [0, 0.05) is 12.8 Å². The van der Waals surface area contributed by atoms with Crippen LogP contribution in [0.2, 0.25) is 0 Å². The summed E-state index contributed by atoms with van der Waals surface area (Å²) >= 11 is 0. The number of ether oxygens (including phenoxy) is 1. The van der Waals surface area contributed by atoms with Gasteiger partial charge in [0.05, 0.1) is 17.8 Å².